The van der Waals surface area contributed by atoms with Crippen molar-refractivity contribution in [2.75, 3.05) is 7.11 Å². The highest BCUT2D eigenvalue weighted by Gasteiger charge is 2.18. The Morgan fingerprint density at radius 1 is 1.09 bits per heavy atom. The minimum Gasteiger partial charge on any atom is -0.493 e. The molecule has 0 saturated carbocycles. The molecule has 12 heteroatoms. The van der Waals surface area contributed by atoms with E-state index in [1.54, 1.807) is 54.6 Å². The number of nitro benzene ring substituents is 1. The maximum atomic E-state index is 13.7. The molecule has 2 heterocycles. The van der Waals surface area contributed by atoms with Gasteiger partial charge in [0.05, 0.1) is 29.2 Å². The molecular weight excluding hydrogens is 640 g/mol. The molecule has 0 saturated heterocycles. The van der Waals surface area contributed by atoms with Crippen LogP contribution in [0.3, 0.4) is 0 Å². The molecule has 0 fully saturated rings. The number of furan rings is 1. The predicted octanol–water partition coefficient (Wildman–Crippen LogP) is 7.60. The number of halogens is 2. The average molecular weight is 660 g/mol. The lowest BCUT2D eigenvalue weighted by molar-refractivity contribution is -0.384. The monoisotopic (exact) mass is 658 g/mol. The molecule has 6 rings (SSSR count). The number of para-hydroxylation sites is 1. The van der Waals surface area contributed by atoms with Crippen LogP contribution >= 0.6 is 27.5 Å². The number of aromatic nitrogens is 2. The molecule has 0 N–H and O–H groups in total. The summed E-state index contributed by atoms with van der Waals surface area (Å²) in [4.78, 5) is 29.0. The first-order chi connectivity index (χ1) is 20.8. The summed E-state index contributed by atoms with van der Waals surface area (Å²) in [6, 6.07) is 23.6. The van der Waals surface area contributed by atoms with E-state index in [2.05, 4.69) is 21.0 Å². The molecule has 4 aromatic carbocycles. The molecule has 0 bridgehead atoms. The van der Waals surface area contributed by atoms with Crippen LogP contribution in [0.5, 0.6) is 11.5 Å². The van der Waals surface area contributed by atoms with E-state index in [-0.39, 0.29) is 18.1 Å². The van der Waals surface area contributed by atoms with E-state index in [0.717, 1.165) is 9.86 Å². The highest BCUT2D eigenvalue weighted by atomic mass is 79.9. The highest BCUT2D eigenvalue weighted by molar-refractivity contribution is 9.10. The van der Waals surface area contributed by atoms with Gasteiger partial charge in [0.25, 0.3) is 11.2 Å². The zero-order chi connectivity index (χ0) is 30.1. The lowest BCUT2D eigenvalue weighted by atomic mass is 10.2. The number of nitro groups is 1. The number of hydrogen-bond acceptors (Lipinski definition) is 8. The fourth-order valence-corrected chi connectivity index (χ4v) is 5.09. The van der Waals surface area contributed by atoms with Gasteiger partial charge in [-0.25, -0.2) is 4.98 Å². The highest BCUT2D eigenvalue weighted by Crippen LogP contribution is 2.35. The molecular formula is C31H20BrClN4O6. The normalized spacial score (nSPS) is 11.4. The Bertz CT molecular complexity index is 2110. The molecule has 0 aliphatic carbocycles. The Morgan fingerprint density at radius 2 is 1.88 bits per heavy atom. The molecule has 2 aromatic heterocycles. The van der Waals surface area contributed by atoms with Crippen LogP contribution in [0.2, 0.25) is 5.02 Å². The minimum absolute atomic E-state index is 0.0250. The second-order valence-electron chi connectivity index (χ2n) is 9.35. The second-order valence-corrected chi connectivity index (χ2v) is 10.7. The van der Waals surface area contributed by atoms with E-state index in [1.807, 2.05) is 18.2 Å². The molecule has 0 unspecified atom stereocenters. The summed E-state index contributed by atoms with van der Waals surface area (Å²) in [5.41, 5.74) is 1.80. The molecule has 0 spiro atoms. The van der Waals surface area contributed by atoms with Gasteiger partial charge in [-0.1, -0.05) is 39.7 Å². The lowest BCUT2D eigenvalue weighted by Gasteiger charge is -2.14. The van der Waals surface area contributed by atoms with Crippen LogP contribution < -0.4 is 15.0 Å². The fourth-order valence-electron chi connectivity index (χ4n) is 4.49. The predicted molar refractivity (Wildman–Crippen MR) is 167 cm³/mol. The van der Waals surface area contributed by atoms with Crippen LogP contribution in [-0.2, 0) is 6.61 Å². The minimum atomic E-state index is -0.469. The second kappa shape index (κ2) is 11.7. The summed E-state index contributed by atoms with van der Waals surface area (Å²) >= 11 is 9.85. The van der Waals surface area contributed by atoms with Gasteiger partial charge in [-0.2, -0.15) is 9.78 Å². The van der Waals surface area contributed by atoms with Gasteiger partial charge in [0, 0.05) is 38.6 Å². The lowest BCUT2D eigenvalue weighted by Crippen LogP contribution is -2.20. The SMILES string of the molecule is COc1cc(Cl)cc(C=Nn2c(-c3cc4cc(Br)ccc4o3)nc3ccccc3c2=O)c1OCc1ccc([N+](=O)[O-])cc1. The molecule has 0 atom stereocenters. The number of ether oxygens (including phenoxy) is 2. The maximum absolute atomic E-state index is 13.7. The molecule has 214 valence electrons. The topological polar surface area (TPSA) is 122 Å². The van der Waals surface area contributed by atoms with Crippen molar-refractivity contribution in [1.29, 1.82) is 0 Å². The van der Waals surface area contributed by atoms with E-state index in [4.69, 9.17) is 30.5 Å². The Kier molecular flexibility index (Phi) is 7.66. The summed E-state index contributed by atoms with van der Waals surface area (Å²) in [7, 11) is 1.47. The van der Waals surface area contributed by atoms with Crippen molar-refractivity contribution in [3.8, 4) is 23.1 Å². The quantitative estimate of drug-likeness (QED) is 0.0937. The largest absolute Gasteiger partial charge is 0.493 e. The van der Waals surface area contributed by atoms with Gasteiger partial charge in [-0.15, -0.1) is 0 Å². The molecule has 0 amide bonds. The van der Waals surface area contributed by atoms with Crippen molar-refractivity contribution in [3.05, 3.63) is 126 Å². The van der Waals surface area contributed by atoms with Crippen molar-refractivity contribution < 1.29 is 18.8 Å². The number of fused-ring (bicyclic) bond motifs is 2. The first-order valence-electron chi connectivity index (χ1n) is 12.8. The van der Waals surface area contributed by atoms with Crippen LogP contribution in [0, 0.1) is 10.1 Å². The Hall–Kier alpha value is -5.00. The van der Waals surface area contributed by atoms with Crippen molar-refractivity contribution in [2.24, 2.45) is 5.10 Å². The Morgan fingerprint density at radius 3 is 2.65 bits per heavy atom. The summed E-state index contributed by atoms with van der Waals surface area (Å²) in [5, 5.41) is 17.1. The number of non-ortho nitro benzene ring substituents is 1. The maximum Gasteiger partial charge on any atom is 0.282 e. The summed E-state index contributed by atoms with van der Waals surface area (Å²) in [5.74, 6) is 1.20. The molecule has 43 heavy (non-hydrogen) atoms. The third-order valence-corrected chi connectivity index (χ3v) is 7.27. The van der Waals surface area contributed by atoms with Crippen molar-refractivity contribution in [1.82, 2.24) is 9.66 Å². The van der Waals surface area contributed by atoms with Gasteiger partial charge >= 0.3 is 0 Å². The molecule has 0 aliphatic rings. The van der Waals surface area contributed by atoms with Crippen LogP contribution in [0.25, 0.3) is 33.5 Å². The third-order valence-electron chi connectivity index (χ3n) is 6.56. The first kappa shape index (κ1) is 28.1. The van der Waals surface area contributed by atoms with Gasteiger partial charge in [0.2, 0.25) is 5.82 Å². The molecule has 0 radical (unpaired) electrons. The summed E-state index contributed by atoms with van der Waals surface area (Å²) < 4.78 is 19.7. The van der Waals surface area contributed by atoms with Crippen molar-refractivity contribution in [3.63, 3.8) is 0 Å². The van der Waals surface area contributed by atoms with Crippen LogP contribution in [0.4, 0.5) is 5.69 Å². The van der Waals surface area contributed by atoms with E-state index in [0.29, 0.717) is 49.9 Å². The third kappa shape index (κ3) is 5.72. The number of rotatable bonds is 8. The van der Waals surface area contributed by atoms with Gasteiger partial charge in [-0.3, -0.25) is 14.9 Å². The summed E-state index contributed by atoms with van der Waals surface area (Å²) in [6.07, 6.45) is 1.43. The van der Waals surface area contributed by atoms with Crippen LogP contribution in [0.15, 0.2) is 104 Å². The number of hydrogen-bond donors (Lipinski definition) is 0. The van der Waals surface area contributed by atoms with Gasteiger partial charge < -0.3 is 13.9 Å². The molecule has 10 nitrogen and oxygen atoms in total. The fraction of sp³-hybridized carbons (Fsp3) is 0.0645. The van der Waals surface area contributed by atoms with E-state index >= 15 is 0 Å². The van der Waals surface area contributed by atoms with Crippen molar-refractivity contribution in [2.45, 2.75) is 6.61 Å². The van der Waals surface area contributed by atoms with E-state index < -0.39 is 10.5 Å². The van der Waals surface area contributed by atoms with Gasteiger partial charge in [-0.05, 0) is 60.2 Å². The average Bonchev–Trinajstić information content (AvgIpc) is 3.43. The van der Waals surface area contributed by atoms with Gasteiger partial charge in [0.15, 0.2) is 17.3 Å². The zero-order valence-electron chi connectivity index (χ0n) is 22.4. The number of methoxy groups -OCH3 is 1. The smallest absolute Gasteiger partial charge is 0.282 e. The Labute approximate surface area is 257 Å². The zero-order valence-corrected chi connectivity index (χ0v) is 24.7. The Balaban J connectivity index is 1.44. The van der Waals surface area contributed by atoms with E-state index in [9.17, 15) is 14.9 Å². The number of nitrogens with zero attached hydrogens (tertiary/aromatic N) is 4. The van der Waals surface area contributed by atoms with Crippen LogP contribution in [0.1, 0.15) is 11.1 Å². The van der Waals surface area contributed by atoms with Crippen molar-refractivity contribution >= 4 is 61.3 Å². The van der Waals surface area contributed by atoms with E-state index in [1.165, 1.54) is 30.1 Å². The van der Waals surface area contributed by atoms with Gasteiger partial charge in [0.1, 0.15) is 12.2 Å². The molecule has 0 aliphatic heterocycles. The van der Waals surface area contributed by atoms with Crippen LogP contribution in [-0.4, -0.2) is 27.9 Å². The molecule has 6 aromatic rings. The first-order valence-corrected chi connectivity index (χ1v) is 14.0. The number of benzene rings is 4. The summed E-state index contributed by atoms with van der Waals surface area (Å²) in [6.45, 7) is 0.0775. The standard InChI is InChI=1S/C31H20BrClN4O6/c1-41-27-15-22(33)13-20(29(27)42-17-18-6-9-23(10-7-18)37(39)40)16-34-36-30(35-25-5-3-2-4-24(25)31(36)38)28-14-19-12-21(32)8-11-26(19)43-28/h2-16H,17H2,1H3.